The summed E-state index contributed by atoms with van der Waals surface area (Å²) in [7, 11) is 0. The number of carboxylic acid groups (broad SMARTS) is 1. The van der Waals surface area contributed by atoms with Crippen molar-refractivity contribution in [3.63, 3.8) is 0 Å². The van der Waals surface area contributed by atoms with Crippen LogP contribution in [-0.2, 0) is 30.4 Å². The number of hydrogen-bond donors (Lipinski definition) is 6. The molecule has 0 aliphatic heterocycles. The number of carboxylic acids is 1. The van der Waals surface area contributed by atoms with Gasteiger partial charge < -0.3 is 32.5 Å². The maximum Gasteiger partial charge on any atom is 0.326 e. The molecule has 0 aromatic heterocycles. The molecule has 0 aliphatic rings. The van der Waals surface area contributed by atoms with Crippen LogP contribution in [0.15, 0.2) is 30.3 Å². The Morgan fingerprint density at radius 2 is 1.44 bits per heavy atom. The van der Waals surface area contributed by atoms with Gasteiger partial charge in [-0.2, -0.15) is 0 Å². The van der Waals surface area contributed by atoms with Crippen LogP contribution in [0.25, 0.3) is 0 Å². The van der Waals surface area contributed by atoms with E-state index in [1.807, 2.05) is 19.9 Å². The second-order valence-electron chi connectivity index (χ2n) is 9.62. The van der Waals surface area contributed by atoms with E-state index in [1.165, 1.54) is 0 Å². The fourth-order valence-electron chi connectivity index (χ4n) is 3.51. The molecule has 1 aromatic rings. The van der Waals surface area contributed by atoms with E-state index in [4.69, 9.17) is 11.5 Å². The van der Waals surface area contributed by atoms with Gasteiger partial charge in [0.2, 0.25) is 23.6 Å². The standard InChI is InChI=1S/C25H39N5O6/c1-14(2)12-19(25(35)36)29-23(33)18(13-16-8-6-5-7-9-16)28-24(34)21(15(3)4)30-22(32)17(26)10-11-20(27)31/h5-9,14-15,17-19,21H,10-13,26H2,1-4H3,(H2,27,31)(H,28,34)(H,29,33)(H,30,32)(H,35,36). The number of nitrogens with two attached hydrogens (primary N) is 2. The molecule has 0 bridgehead atoms. The van der Waals surface area contributed by atoms with Gasteiger partial charge in [0.25, 0.3) is 0 Å². The smallest absolute Gasteiger partial charge is 0.326 e. The summed E-state index contributed by atoms with van der Waals surface area (Å²) >= 11 is 0. The number of carbonyl (C=O) groups is 5. The summed E-state index contributed by atoms with van der Waals surface area (Å²) in [5.41, 5.74) is 11.7. The van der Waals surface area contributed by atoms with Gasteiger partial charge in [-0.15, -0.1) is 0 Å². The monoisotopic (exact) mass is 505 g/mol. The van der Waals surface area contributed by atoms with E-state index in [-0.39, 0.29) is 37.5 Å². The number of aliphatic carboxylic acids is 1. The zero-order chi connectivity index (χ0) is 27.4. The molecule has 8 N–H and O–H groups in total. The second-order valence-corrected chi connectivity index (χ2v) is 9.62. The van der Waals surface area contributed by atoms with Crippen molar-refractivity contribution in [3.05, 3.63) is 35.9 Å². The van der Waals surface area contributed by atoms with Crippen molar-refractivity contribution in [2.45, 2.75) is 77.5 Å². The van der Waals surface area contributed by atoms with E-state index in [0.717, 1.165) is 5.56 Å². The topological polar surface area (TPSA) is 194 Å². The number of primary amides is 1. The minimum Gasteiger partial charge on any atom is -0.480 e. The SMILES string of the molecule is CC(C)CC(NC(=O)C(Cc1ccccc1)NC(=O)C(NC(=O)C(N)CCC(N)=O)C(C)C)C(=O)O. The summed E-state index contributed by atoms with van der Waals surface area (Å²) < 4.78 is 0. The van der Waals surface area contributed by atoms with Gasteiger partial charge in [-0.1, -0.05) is 58.0 Å². The summed E-state index contributed by atoms with van der Waals surface area (Å²) in [5, 5.41) is 17.3. The van der Waals surface area contributed by atoms with E-state index in [0.29, 0.717) is 0 Å². The van der Waals surface area contributed by atoms with Gasteiger partial charge in [-0.3, -0.25) is 19.2 Å². The van der Waals surface area contributed by atoms with Crippen LogP contribution in [0.1, 0.15) is 52.5 Å². The van der Waals surface area contributed by atoms with Crippen molar-refractivity contribution in [2.75, 3.05) is 0 Å². The Morgan fingerprint density at radius 3 is 1.94 bits per heavy atom. The van der Waals surface area contributed by atoms with Gasteiger partial charge in [0.15, 0.2) is 0 Å². The molecule has 4 atom stereocenters. The fraction of sp³-hybridized carbons (Fsp3) is 0.560. The molecule has 36 heavy (non-hydrogen) atoms. The molecule has 200 valence electrons. The highest BCUT2D eigenvalue weighted by Crippen LogP contribution is 2.10. The Hall–Kier alpha value is -3.47. The van der Waals surface area contributed by atoms with Crippen molar-refractivity contribution in [1.29, 1.82) is 0 Å². The maximum atomic E-state index is 13.2. The summed E-state index contributed by atoms with van der Waals surface area (Å²) in [5.74, 6) is -3.99. The van der Waals surface area contributed by atoms with E-state index in [1.54, 1.807) is 38.1 Å². The average Bonchev–Trinajstić information content (AvgIpc) is 2.79. The predicted molar refractivity (Wildman–Crippen MR) is 134 cm³/mol. The summed E-state index contributed by atoms with van der Waals surface area (Å²) in [4.78, 5) is 61.4. The first-order valence-corrected chi connectivity index (χ1v) is 12.0. The summed E-state index contributed by atoms with van der Waals surface area (Å²) in [6.45, 7) is 7.12. The van der Waals surface area contributed by atoms with Crippen LogP contribution < -0.4 is 27.4 Å². The zero-order valence-corrected chi connectivity index (χ0v) is 21.3. The number of nitrogens with one attached hydrogen (secondary N) is 3. The second kappa shape index (κ2) is 14.8. The molecule has 4 unspecified atom stereocenters. The Balaban J connectivity index is 3.06. The van der Waals surface area contributed by atoms with E-state index in [2.05, 4.69) is 16.0 Å². The predicted octanol–water partition coefficient (Wildman–Crippen LogP) is 0.0630. The first kappa shape index (κ1) is 30.6. The maximum absolute atomic E-state index is 13.2. The molecular formula is C25H39N5O6. The largest absolute Gasteiger partial charge is 0.480 e. The van der Waals surface area contributed by atoms with E-state index in [9.17, 15) is 29.1 Å². The highest BCUT2D eigenvalue weighted by atomic mass is 16.4. The Kier molecular flexibility index (Phi) is 12.6. The number of carbonyl (C=O) groups excluding carboxylic acids is 4. The van der Waals surface area contributed by atoms with E-state index >= 15 is 0 Å². The molecule has 0 heterocycles. The van der Waals surface area contributed by atoms with Gasteiger partial charge in [0, 0.05) is 12.8 Å². The molecule has 1 rings (SSSR count). The quantitative estimate of drug-likeness (QED) is 0.194. The van der Waals surface area contributed by atoms with Gasteiger partial charge in [0.1, 0.15) is 18.1 Å². The van der Waals surface area contributed by atoms with Gasteiger partial charge in [-0.25, -0.2) is 4.79 Å². The minimum atomic E-state index is -1.17. The molecule has 0 fully saturated rings. The highest BCUT2D eigenvalue weighted by Gasteiger charge is 2.32. The molecule has 0 saturated heterocycles. The van der Waals surface area contributed by atoms with Crippen LogP contribution in [-0.4, -0.2) is 58.9 Å². The number of benzene rings is 1. The first-order chi connectivity index (χ1) is 16.8. The van der Waals surface area contributed by atoms with Crippen molar-refractivity contribution in [2.24, 2.45) is 23.3 Å². The van der Waals surface area contributed by atoms with Gasteiger partial charge in [-0.05, 0) is 30.2 Å². The van der Waals surface area contributed by atoms with Crippen molar-refractivity contribution in [3.8, 4) is 0 Å². The molecule has 0 aliphatic carbocycles. The third-order valence-corrected chi connectivity index (χ3v) is 5.52. The first-order valence-electron chi connectivity index (χ1n) is 12.0. The molecule has 0 spiro atoms. The highest BCUT2D eigenvalue weighted by molar-refractivity contribution is 5.94. The molecule has 11 heteroatoms. The zero-order valence-electron chi connectivity index (χ0n) is 21.3. The Labute approximate surface area is 211 Å². The third kappa shape index (κ3) is 10.9. The van der Waals surface area contributed by atoms with E-state index < -0.39 is 53.8 Å². The normalized spacial score (nSPS) is 14.4. The van der Waals surface area contributed by atoms with Crippen LogP contribution in [0.5, 0.6) is 0 Å². The van der Waals surface area contributed by atoms with Crippen LogP contribution in [0.2, 0.25) is 0 Å². The van der Waals surface area contributed by atoms with Gasteiger partial charge in [0.05, 0.1) is 6.04 Å². The Morgan fingerprint density at radius 1 is 0.861 bits per heavy atom. The van der Waals surface area contributed by atoms with Crippen LogP contribution in [0.4, 0.5) is 0 Å². The number of amides is 4. The molecular weight excluding hydrogens is 466 g/mol. The van der Waals surface area contributed by atoms with Gasteiger partial charge >= 0.3 is 5.97 Å². The Bertz CT molecular complexity index is 905. The fourth-order valence-corrected chi connectivity index (χ4v) is 3.51. The van der Waals surface area contributed by atoms with Crippen LogP contribution in [0.3, 0.4) is 0 Å². The minimum absolute atomic E-state index is 0.0212. The third-order valence-electron chi connectivity index (χ3n) is 5.52. The molecule has 0 saturated carbocycles. The molecule has 1 aromatic carbocycles. The number of hydrogen-bond acceptors (Lipinski definition) is 6. The van der Waals surface area contributed by atoms with Crippen molar-refractivity contribution < 1.29 is 29.1 Å². The van der Waals surface area contributed by atoms with Crippen LogP contribution in [0, 0.1) is 11.8 Å². The average molecular weight is 506 g/mol. The lowest BCUT2D eigenvalue weighted by Gasteiger charge is -2.27. The molecule has 11 nitrogen and oxygen atoms in total. The van der Waals surface area contributed by atoms with Crippen molar-refractivity contribution in [1.82, 2.24) is 16.0 Å². The lowest BCUT2D eigenvalue weighted by atomic mass is 9.99. The summed E-state index contributed by atoms with van der Waals surface area (Å²) in [6.07, 6.45) is 0.289. The summed E-state index contributed by atoms with van der Waals surface area (Å²) in [6, 6.07) is 4.70. The number of rotatable bonds is 15. The molecule has 4 amide bonds. The molecule has 0 radical (unpaired) electrons. The van der Waals surface area contributed by atoms with Crippen molar-refractivity contribution >= 4 is 29.6 Å². The lowest BCUT2D eigenvalue weighted by Crippen LogP contribution is -2.59. The lowest BCUT2D eigenvalue weighted by molar-refractivity contribution is -0.142. The van der Waals surface area contributed by atoms with Crippen LogP contribution >= 0.6 is 0 Å².